The maximum Gasteiger partial charge on any atom is 0.264 e. The summed E-state index contributed by atoms with van der Waals surface area (Å²) in [7, 11) is -4.20. The zero-order chi connectivity index (χ0) is 29.8. The summed E-state index contributed by atoms with van der Waals surface area (Å²) in [6.07, 6.45) is 0. The van der Waals surface area contributed by atoms with Gasteiger partial charge in [-0.25, -0.2) is 8.42 Å². The third kappa shape index (κ3) is 7.69. The minimum atomic E-state index is -4.20. The lowest BCUT2D eigenvalue weighted by Gasteiger charge is -2.34. The number of nitrogens with zero attached hydrogens (tertiary/aromatic N) is 2. The highest BCUT2D eigenvalue weighted by Gasteiger charge is 2.34. The minimum Gasteiger partial charge on any atom is -0.350 e. The predicted molar refractivity (Wildman–Crippen MR) is 162 cm³/mol. The first-order valence-corrected chi connectivity index (χ1v) is 15.1. The van der Waals surface area contributed by atoms with Crippen LogP contribution in [0.1, 0.15) is 38.8 Å². The Morgan fingerprint density at radius 2 is 1.50 bits per heavy atom. The summed E-state index contributed by atoms with van der Waals surface area (Å²) in [6, 6.07) is 16.5. The molecular formula is C29H32Cl3N3O4S. The van der Waals surface area contributed by atoms with Crippen molar-refractivity contribution in [3.05, 3.63) is 92.9 Å². The average molecular weight is 625 g/mol. The first kappa shape index (κ1) is 31.7. The summed E-state index contributed by atoms with van der Waals surface area (Å²) in [5, 5.41) is 3.84. The van der Waals surface area contributed by atoms with Crippen LogP contribution >= 0.6 is 34.8 Å². The third-order valence-electron chi connectivity index (χ3n) is 6.11. The number of benzene rings is 3. The van der Waals surface area contributed by atoms with Gasteiger partial charge in [-0.3, -0.25) is 13.9 Å². The molecule has 3 aromatic carbocycles. The minimum absolute atomic E-state index is 0.00119. The molecule has 1 unspecified atom stereocenters. The fourth-order valence-corrected chi connectivity index (χ4v) is 6.01. The first-order valence-electron chi connectivity index (χ1n) is 12.5. The SMILES string of the molecule is Cc1ccc(N(CC(=O)N(Cc2c(Cl)cccc2Cl)C(C)C(=O)NC(C)(C)C)S(=O)(=O)c2ccccc2)cc1Cl. The number of hydrogen-bond donors (Lipinski definition) is 1. The Labute approximate surface area is 251 Å². The van der Waals surface area contributed by atoms with Crippen molar-refractivity contribution in [1.82, 2.24) is 10.2 Å². The van der Waals surface area contributed by atoms with Crippen molar-refractivity contribution in [1.29, 1.82) is 0 Å². The second-order valence-electron chi connectivity index (χ2n) is 10.4. The summed E-state index contributed by atoms with van der Waals surface area (Å²) >= 11 is 19.2. The van der Waals surface area contributed by atoms with Crippen LogP contribution in [-0.4, -0.2) is 43.3 Å². The number of sulfonamides is 1. The molecule has 7 nitrogen and oxygen atoms in total. The number of amides is 2. The number of carbonyl (C=O) groups is 2. The molecule has 1 N–H and O–H groups in total. The highest BCUT2D eigenvalue weighted by Crippen LogP contribution is 2.30. The van der Waals surface area contributed by atoms with Gasteiger partial charge in [0, 0.05) is 32.7 Å². The zero-order valence-corrected chi connectivity index (χ0v) is 26.0. The van der Waals surface area contributed by atoms with Crippen LogP contribution in [0.15, 0.2) is 71.6 Å². The standard InChI is InChI=1S/C29H32Cl3N3O4S/c1-19-14-15-21(16-26(19)32)35(40(38,39)22-10-7-6-8-11-22)18-27(36)34(20(2)28(37)33-29(3,4)5)17-23-24(30)12-9-13-25(23)31/h6-16,20H,17-18H2,1-5H3,(H,33,37). The zero-order valence-electron chi connectivity index (χ0n) is 22.9. The van der Waals surface area contributed by atoms with E-state index < -0.39 is 40.0 Å². The first-order chi connectivity index (χ1) is 18.6. The molecule has 11 heteroatoms. The highest BCUT2D eigenvalue weighted by molar-refractivity contribution is 7.92. The van der Waals surface area contributed by atoms with Crippen molar-refractivity contribution >= 4 is 62.3 Å². The van der Waals surface area contributed by atoms with Crippen LogP contribution < -0.4 is 9.62 Å². The Morgan fingerprint density at radius 3 is 2.05 bits per heavy atom. The maximum atomic E-state index is 14.0. The van der Waals surface area contributed by atoms with Crippen LogP contribution in [0.5, 0.6) is 0 Å². The van der Waals surface area contributed by atoms with E-state index in [2.05, 4.69) is 5.32 Å². The lowest BCUT2D eigenvalue weighted by molar-refractivity contribution is -0.140. The van der Waals surface area contributed by atoms with Crippen LogP contribution in [0.4, 0.5) is 5.69 Å². The lowest BCUT2D eigenvalue weighted by Crippen LogP contribution is -2.54. The molecule has 1 atom stereocenters. The number of rotatable bonds is 9. The van der Waals surface area contributed by atoms with E-state index in [0.717, 1.165) is 9.87 Å². The van der Waals surface area contributed by atoms with Gasteiger partial charge < -0.3 is 10.2 Å². The molecule has 0 aromatic heterocycles. The molecule has 0 fully saturated rings. The molecule has 3 aromatic rings. The summed E-state index contributed by atoms with van der Waals surface area (Å²) in [5.74, 6) is -1.05. The molecule has 0 spiro atoms. The van der Waals surface area contributed by atoms with Gasteiger partial charge in [-0.1, -0.05) is 65.1 Å². The van der Waals surface area contributed by atoms with E-state index in [9.17, 15) is 18.0 Å². The van der Waals surface area contributed by atoms with Gasteiger partial charge in [0.15, 0.2) is 0 Å². The Kier molecular flexibility index (Phi) is 10.2. The van der Waals surface area contributed by atoms with E-state index in [1.54, 1.807) is 62.4 Å². The molecule has 0 saturated heterocycles. The summed E-state index contributed by atoms with van der Waals surface area (Å²) in [6.45, 7) is 8.11. The van der Waals surface area contributed by atoms with Crippen LogP contribution in [0.25, 0.3) is 0 Å². The molecule has 0 heterocycles. The van der Waals surface area contributed by atoms with Gasteiger partial charge in [-0.2, -0.15) is 0 Å². The molecule has 2 amide bonds. The Hall–Kier alpha value is -2.78. The molecule has 214 valence electrons. The van der Waals surface area contributed by atoms with Crippen molar-refractivity contribution in [2.24, 2.45) is 0 Å². The van der Waals surface area contributed by atoms with Crippen LogP contribution in [0, 0.1) is 6.92 Å². The third-order valence-corrected chi connectivity index (χ3v) is 9.01. The molecule has 0 bridgehead atoms. The van der Waals surface area contributed by atoms with E-state index in [0.29, 0.717) is 20.6 Å². The Bertz CT molecular complexity index is 1470. The van der Waals surface area contributed by atoms with Crippen molar-refractivity contribution in [3.8, 4) is 0 Å². The number of anilines is 1. The number of halogens is 3. The fraction of sp³-hybridized carbons (Fsp3) is 0.310. The van der Waals surface area contributed by atoms with Gasteiger partial charge in [0.2, 0.25) is 11.8 Å². The van der Waals surface area contributed by atoms with Crippen LogP contribution in [0.2, 0.25) is 15.1 Å². The summed E-state index contributed by atoms with van der Waals surface area (Å²) < 4.78 is 28.7. The molecule has 0 radical (unpaired) electrons. The largest absolute Gasteiger partial charge is 0.350 e. The van der Waals surface area contributed by atoms with Crippen molar-refractivity contribution in [3.63, 3.8) is 0 Å². The van der Waals surface area contributed by atoms with Crippen LogP contribution in [0.3, 0.4) is 0 Å². The highest BCUT2D eigenvalue weighted by atomic mass is 35.5. The van der Waals surface area contributed by atoms with E-state index in [1.807, 2.05) is 20.8 Å². The fourth-order valence-electron chi connectivity index (χ4n) is 3.90. The molecule has 0 aliphatic carbocycles. The predicted octanol–water partition coefficient (Wildman–Crippen LogP) is 6.48. The van der Waals surface area contributed by atoms with Gasteiger partial charge >= 0.3 is 0 Å². The van der Waals surface area contributed by atoms with Crippen molar-refractivity contribution in [2.45, 2.75) is 57.6 Å². The topological polar surface area (TPSA) is 86.8 Å². The van der Waals surface area contributed by atoms with Gasteiger partial charge in [0.1, 0.15) is 12.6 Å². The maximum absolute atomic E-state index is 14.0. The Balaban J connectivity index is 2.09. The number of aryl methyl sites for hydroxylation is 1. The molecule has 0 saturated carbocycles. The van der Waals surface area contributed by atoms with Gasteiger partial charge in [-0.05, 0) is 76.6 Å². The number of hydrogen-bond acceptors (Lipinski definition) is 4. The number of carbonyl (C=O) groups excluding carboxylic acids is 2. The quantitative estimate of drug-likeness (QED) is 0.295. The molecule has 3 rings (SSSR count). The second-order valence-corrected chi connectivity index (χ2v) is 13.5. The Morgan fingerprint density at radius 1 is 0.900 bits per heavy atom. The monoisotopic (exact) mass is 623 g/mol. The van der Waals surface area contributed by atoms with Gasteiger partial charge in [-0.15, -0.1) is 0 Å². The molecule has 0 aliphatic heterocycles. The van der Waals surface area contributed by atoms with Crippen molar-refractivity contribution < 1.29 is 18.0 Å². The van der Waals surface area contributed by atoms with E-state index in [4.69, 9.17) is 34.8 Å². The van der Waals surface area contributed by atoms with Crippen LogP contribution in [-0.2, 0) is 26.2 Å². The smallest absolute Gasteiger partial charge is 0.264 e. The second kappa shape index (κ2) is 12.8. The lowest BCUT2D eigenvalue weighted by atomic mass is 10.1. The molecule has 0 aliphatic rings. The van der Waals surface area contributed by atoms with Gasteiger partial charge in [0.25, 0.3) is 10.0 Å². The van der Waals surface area contributed by atoms with Gasteiger partial charge in [0.05, 0.1) is 10.6 Å². The molecular weight excluding hydrogens is 593 g/mol. The van der Waals surface area contributed by atoms with E-state index in [1.165, 1.54) is 23.1 Å². The summed E-state index contributed by atoms with van der Waals surface area (Å²) in [4.78, 5) is 28.5. The van der Waals surface area contributed by atoms with E-state index >= 15 is 0 Å². The normalized spacial score (nSPS) is 12.5. The van der Waals surface area contributed by atoms with Crippen molar-refractivity contribution in [2.75, 3.05) is 10.8 Å². The number of nitrogens with one attached hydrogen (secondary N) is 1. The molecule has 40 heavy (non-hydrogen) atoms. The average Bonchev–Trinajstić information content (AvgIpc) is 2.88. The van der Waals surface area contributed by atoms with E-state index in [-0.39, 0.29) is 17.1 Å². The summed E-state index contributed by atoms with van der Waals surface area (Å²) in [5.41, 5.74) is 0.820.